The molecule has 5 nitrogen and oxygen atoms in total. The minimum atomic E-state index is -1.34. The van der Waals surface area contributed by atoms with Crippen LogP contribution in [0.1, 0.15) is 32.6 Å². The summed E-state index contributed by atoms with van der Waals surface area (Å²) in [5.41, 5.74) is 0.713. The molecule has 1 saturated heterocycles. The molecule has 0 aliphatic carbocycles. The molecule has 0 spiro atoms. The molecule has 1 aliphatic heterocycles. The first-order valence-electron chi connectivity index (χ1n) is 6.51. The van der Waals surface area contributed by atoms with Gasteiger partial charge in [0.1, 0.15) is 0 Å². The zero-order valence-corrected chi connectivity index (χ0v) is 11.7. The average Bonchev–Trinajstić information content (AvgIpc) is 2.38. The summed E-state index contributed by atoms with van der Waals surface area (Å²) >= 11 is 0. The molecule has 2 rings (SSSR count). The van der Waals surface area contributed by atoms with Crippen LogP contribution in [0, 0.1) is 5.92 Å². The Bertz CT molecular complexity index is 538. The Labute approximate surface area is 117 Å². The van der Waals surface area contributed by atoms with E-state index in [2.05, 4.69) is 0 Å². The standard InChI is InChI=1S/C15H17NO4/c1-9(2)16-13(18)12(10(3)17)15(19)20-14(16)11-7-5-4-6-8-11/h4-9,12,14H,1-3H3. The second-order valence-corrected chi connectivity index (χ2v) is 5.08. The molecule has 0 aromatic heterocycles. The van der Waals surface area contributed by atoms with Gasteiger partial charge in [-0.25, -0.2) is 0 Å². The first-order valence-corrected chi connectivity index (χ1v) is 6.51. The van der Waals surface area contributed by atoms with Crippen molar-refractivity contribution in [2.75, 3.05) is 0 Å². The smallest absolute Gasteiger partial charge is 0.328 e. The molecule has 2 unspecified atom stereocenters. The molecular formula is C15H17NO4. The van der Waals surface area contributed by atoms with E-state index in [1.165, 1.54) is 11.8 Å². The Morgan fingerprint density at radius 2 is 1.80 bits per heavy atom. The predicted octanol–water partition coefficient (Wildman–Crippen LogP) is 1.68. The number of cyclic esters (lactones) is 1. The van der Waals surface area contributed by atoms with E-state index in [0.717, 1.165) is 0 Å². The van der Waals surface area contributed by atoms with E-state index >= 15 is 0 Å². The number of ether oxygens (including phenoxy) is 1. The molecular weight excluding hydrogens is 258 g/mol. The summed E-state index contributed by atoms with van der Waals surface area (Å²) in [4.78, 5) is 37.2. The highest BCUT2D eigenvalue weighted by atomic mass is 16.6. The van der Waals surface area contributed by atoms with Gasteiger partial charge in [-0.05, 0) is 20.8 Å². The Morgan fingerprint density at radius 3 is 2.30 bits per heavy atom. The predicted molar refractivity (Wildman–Crippen MR) is 71.4 cm³/mol. The van der Waals surface area contributed by atoms with Crippen molar-refractivity contribution in [2.24, 2.45) is 5.92 Å². The fourth-order valence-electron chi connectivity index (χ4n) is 2.31. The molecule has 5 heteroatoms. The Morgan fingerprint density at radius 1 is 1.20 bits per heavy atom. The van der Waals surface area contributed by atoms with Gasteiger partial charge >= 0.3 is 5.97 Å². The van der Waals surface area contributed by atoms with E-state index in [4.69, 9.17) is 4.74 Å². The third kappa shape index (κ3) is 2.43. The molecule has 0 N–H and O–H groups in total. The zero-order valence-electron chi connectivity index (χ0n) is 11.7. The van der Waals surface area contributed by atoms with Crippen molar-refractivity contribution in [1.82, 2.24) is 4.90 Å². The highest BCUT2D eigenvalue weighted by Gasteiger charge is 2.46. The molecule has 1 amide bonds. The highest BCUT2D eigenvalue weighted by Crippen LogP contribution is 2.32. The van der Waals surface area contributed by atoms with Gasteiger partial charge in [0, 0.05) is 11.6 Å². The quantitative estimate of drug-likeness (QED) is 0.622. The maximum Gasteiger partial charge on any atom is 0.328 e. The zero-order chi connectivity index (χ0) is 14.9. The largest absolute Gasteiger partial charge is 0.436 e. The first kappa shape index (κ1) is 14.2. The minimum Gasteiger partial charge on any atom is -0.436 e. The maximum absolute atomic E-state index is 12.4. The van der Waals surface area contributed by atoms with Crippen LogP contribution in [0.25, 0.3) is 0 Å². The van der Waals surface area contributed by atoms with Crippen LogP contribution < -0.4 is 0 Å². The van der Waals surface area contributed by atoms with Crippen LogP contribution in [0.4, 0.5) is 0 Å². The number of hydrogen-bond donors (Lipinski definition) is 0. The monoisotopic (exact) mass is 275 g/mol. The normalized spacial score (nSPS) is 22.9. The summed E-state index contributed by atoms with van der Waals surface area (Å²) in [7, 11) is 0. The molecule has 0 saturated carbocycles. The summed E-state index contributed by atoms with van der Waals surface area (Å²) in [5, 5.41) is 0. The highest BCUT2D eigenvalue weighted by molar-refractivity contribution is 6.16. The molecule has 0 radical (unpaired) electrons. The van der Waals surface area contributed by atoms with Crippen molar-refractivity contribution in [3.63, 3.8) is 0 Å². The SMILES string of the molecule is CC(=O)C1C(=O)OC(c2ccccc2)N(C(C)C)C1=O. The van der Waals surface area contributed by atoms with Gasteiger partial charge in [-0.3, -0.25) is 19.3 Å². The second-order valence-electron chi connectivity index (χ2n) is 5.08. The Hall–Kier alpha value is -2.17. The maximum atomic E-state index is 12.4. The molecule has 0 bridgehead atoms. The van der Waals surface area contributed by atoms with Crippen LogP contribution in [-0.2, 0) is 19.1 Å². The van der Waals surface area contributed by atoms with Crippen molar-refractivity contribution in [3.05, 3.63) is 35.9 Å². The van der Waals surface area contributed by atoms with Gasteiger partial charge < -0.3 is 4.74 Å². The number of Topliss-reactive ketones (excluding diaryl/α,β-unsaturated/α-hetero) is 1. The number of esters is 1. The third-order valence-electron chi connectivity index (χ3n) is 3.27. The average molecular weight is 275 g/mol. The van der Waals surface area contributed by atoms with Gasteiger partial charge in [-0.1, -0.05) is 30.3 Å². The molecule has 1 aliphatic rings. The fourth-order valence-corrected chi connectivity index (χ4v) is 2.31. The van der Waals surface area contributed by atoms with Crippen molar-refractivity contribution in [3.8, 4) is 0 Å². The van der Waals surface area contributed by atoms with Gasteiger partial charge in [-0.15, -0.1) is 0 Å². The number of ketones is 1. The lowest BCUT2D eigenvalue weighted by Gasteiger charge is -2.40. The number of nitrogens with zero attached hydrogens (tertiary/aromatic N) is 1. The first-order chi connectivity index (χ1) is 9.43. The second kappa shape index (κ2) is 5.45. The molecule has 20 heavy (non-hydrogen) atoms. The van der Waals surface area contributed by atoms with E-state index in [9.17, 15) is 14.4 Å². The number of amides is 1. The van der Waals surface area contributed by atoms with E-state index < -0.39 is 29.8 Å². The summed E-state index contributed by atoms with van der Waals surface area (Å²) in [5.74, 6) is -3.08. The van der Waals surface area contributed by atoms with Crippen LogP contribution >= 0.6 is 0 Å². The van der Waals surface area contributed by atoms with Crippen LogP contribution in [0.5, 0.6) is 0 Å². The summed E-state index contributed by atoms with van der Waals surface area (Å²) < 4.78 is 5.34. The number of carbonyl (C=O) groups is 3. The topological polar surface area (TPSA) is 63.7 Å². The fraction of sp³-hybridized carbons (Fsp3) is 0.400. The van der Waals surface area contributed by atoms with Crippen molar-refractivity contribution >= 4 is 17.7 Å². The van der Waals surface area contributed by atoms with E-state index in [1.54, 1.807) is 12.1 Å². The molecule has 1 heterocycles. The van der Waals surface area contributed by atoms with Crippen LogP contribution in [0.3, 0.4) is 0 Å². The number of carbonyl (C=O) groups excluding carboxylic acids is 3. The third-order valence-corrected chi connectivity index (χ3v) is 3.27. The molecule has 106 valence electrons. The van der Waals surface area contributed by atoms with E-state index in [1.807, 2.05) is 32.0 Å². The van der Waals surface area contributed by atoms with Crippen molar-refractivity contribution < 1.29 is 19.1 Å². The molecule has 1 aromatic rings. The lowest BCUT2D eigenvalue weighted by Crippen LogP contribution is -2.53. The Balaban J connectivity index is 2.41. The van der Waals surface area contributed by atoms with Gasteiger partial charge in [0.15, 0.2) is 11.7 Å². The van der Waals surface area contributed by atoms with Gasteiger partial charge in [0.2, 0.25) is 12.1 Å². The van der Waals surface area contributed by atoms with E-state index in [-0.39, 0.29) is 6.04 Å². The number of benzene rings is 1. The van der Waals surface area contributed by atoms with Crippen molar-refractivity contribution in [2.45, 2.75) is 33.0 Å². The van der Waals surface area contributed by atoms with E-state index in [0.29, 0.717) is 5.56 Å². The van der Waals surface area contributed by atoms with Crippen LogP contribution in [0.2, 0.25) is 0 Å². The van der Waals surface area contributed by atoms with Crippen molar-refractivity contribution in [1.29, 1.82) is 0 Å². The lowest BCUT2D eigenvalue weighted by molar-refractivity contribution is -0.190. The van der Waals surface area contributed by atoms with Crippen LogP contribution in [0.15, 0.2) is 30.3 Å². The summed E-state index contributed by atoms with van der Waals surface area (Å²) in [6, 6.07) is 8.85. The molecule has 1 fully saturated rings. The molecule has 2 atom stereocenters. The van der Waals surface area contributed by atoms with Gasteiger partial charge in [0.25, 0.3) is 0 Å². The minimum absolute atomic E-state index is 0.178. The number of rotatable bonds is 3. The van der Waals surface area contributed by atoms with Crippen LogP contribution in [-0.4, -0.2) is 28.6 Å². The summed E-state index contributed by atoms with van der Waals surface area (Å²) in [6.45, 7) is 4.87. The summed E-state index contributed by atoms with van der Waals surface area (Å²) in [6.07, 6.45) is -0.771. The number of hydrogen-bond acceptors (Lipinski definition) is 4. The molecule has 1 aromatic carbocycles. The van der Waals surface area contributed by atoms with Gasteiger partial charge in [0.05, 0.1) is 0 Å². The van der Waals surface area contributed by atoms with Gasteiger partial charge in [-0.2, -0.15) is 0 Å². The Kier molecular flexibility index (Phi) is 3.88. The lowest BCUT2D eigenvalue weighted by atomic mass is 9.99.